The largest absolute Gasteiger partial charge is 0.466 e. The van der Waals surface area contributed by atoms with Crippen LogP contribution in [-0.4, -0.2) is 41.0 Å². The number of piperidine rings is 1. The lowest BCUT2D eigenvalue weighted by Gasteiger charge is -2.32. The fourth-order valence-corrected chi connectivity index (χ4v) is 4.06. The third kappa shape index (κ3) is 3.87. The summed E-state index contributed by atoms with van der Waals surface area (Å²) in [6.45, 7) is 8.38. The van der Waals surface area contributed by atoms with Crippen molar-refractivity contribution in [3.8, 4) is 0 Å². The third-order valence-electron chi connectivity index (χ3n) is 5.49. The number of aryl methyl sites for hydroxylation is 2. The number of hydrogen-bond donors (Lipinski definition) is 0. The van der Waals surface area contributed by atoms with E-state index in [9.17, 15) is 9.59 Å². The first kappa shape index (κ1) is 19.5. The first-order valence-corrected chi connectivity index (χ1v) is 10.1. The highest BCUT2D eigenvalue weighted by Gasteiger charge is 2.32. The molecule has 0 saturated carbocycles. The smallest absolute Gasteiger partial charge is 0.310 e. The molecule has 1 amide bonds. The van der Waals surface area contributed by atoms with Crippen LogP contribution in [0.3, 0.4) is 0 Å². The molecule has 1 atom stereocenters. The third-order valence-corrected chi connectivity index (χ3v) is 5.49. The summed E-state index contributed by atoms with van der Waals surface area (Å²) in [5, 5.41) is 1.14. The number of unbranched alkanes of at least 4 members (excludes halogenated alkanes) is 1. The second kappa shape index (κ2) is 8.59. The quantitative estimate of drug-likeness (QED) is 0.717. The Bertz CT molecular complexity index is 824. The van der Waals surface area contributed by atoms with Gasteiger partial charge in [0, 0.05) is 30.5 Å². The first-order chi connectivity index (χ1) is 13.1. The topological polar surface area (TPSA) is 51.5 Å². The highest BCUT2D eigenvalue weighted by atomic mass is 16.5. The van der Waals surface area contributed by atoms with E-state index in [1.807, 2.05) is 30.9 Å². The van der Waals surface area contributed by atoms with E-state index < -0.39 is 0 Å². The molecule has 1 unspecified atom stereocenters. The van der Waals surface area contributed by atoms with Gasteiger partial charge in [0.1, 0.15) is 5.69 Å². The van der Waals surface area contributed by atoms with Crippen LogP contribution < -0.4 is 0 Å². The number of fused-ring (bicyclic) bond motifs is 1. The van der Waals surface area contributed by atoms with Crippen LogP contribution in [0.5, 0.6) is 0 Å². The summed E-state index contributed by atoms with van der Waals surface area (Å²) >= 11 is 0. The molecule has 1 aliphatic heterocycles. The van der Waals surface area contributed by atoms with Gasteiger partial charge in [-0.3, -0.25) is 9.59 Å². The molecule has 1 saturated heterocycles. The zero-order chi connectivity index (χ0) is 19.4. The predicted octanol–water partition coefficient (Wildman–Crippen LogP) is 4.17. The SMILES string of the molecule is CCCCn1c(C(=O)N2CCCC(C(=O)OCC)C2)c(C)c2ccccc21. The van der Waals surface area contributed by atoms with Crippen molar-refractivity contribution in [2.24, 2.45) is 5.92 Å². The standard InChI is InChI=1S/C22H30N2O3/c1-4-6-14-24-19-12-8-7-11-18(19)16(3)20(24)21(25)23-13-9-10-17(15-23)22(26)27-5-2/h7-8,11-12,17H,4-6,9-10,13-15H2,1-3H3. The van der Waals surface area contributed by atoms with Crippen LogP contribution in [0.25, 0.3) is 10.9 Å². The van der Waals surface area contributed by atoms with Crippen LogP contribution in [0.1, 0.15) is 55.6 Å². The average molecular weight is 370 g/mol. The van der Waals surface area contributed by atoms with E-state index in [1.165, 1.54) is 0 Å². The Morgan fingerprint density at radius 3 is 2.74 bits per heavy atom. The van der Waals surface area contributed by atoms with Crippen LogP contribution in [0.4, 0.5) is 0 Å². The maximum Gasteiger partial charge on any atom is 0.310 e. The number of hydrogen-bond acceptors (Lipinski definition) is 3. The minimum atomic E-state index is -0.212. The molecule has 3 rings (SSSR count). The molecule has 0 spiro atoms. The molecule has 2 heterocycles. The summed E-state index contributed by atoms with van der Waals surface area (Å²) in [5.41, 5.74) is 2.92. The lowest BCUT2D eigenvalue weighted by molar-refractivity contribution is -0.149. The second-order valence-electron chi connectivity index (χ2n) is 7.34. The molecular formula is C22H30N2O3. The molecule has 0 N–H and O–H groups in total. The van der Waals surface area contributed by atoms with Crippen LogP contribution in [0.15, 0.2) is 24.3 Å². The molecule has 1 fully saturated rings. The molecule has 146 valence electrons. The molecule has 0 bridgehead atoms. The molecule has 0 aliphatic carbocycles. The van der Waals surface area contributed by atoms with Gasteiger partial charge in [-0.15, -0.1) is 0 Å². The van der Waals surface area contributed by atoms with Crippen LogP contribution in [-0.2, 0) is 16.1 Å². The Kier molecular flexibility index (Phi) is 6.19. The van der Waals surface area contributed by atoms with Crippen LogP contribution in [0.2, 0.25) is 0 Å². The molecule has 5 nitrogen and oxygen atoms in total. The van der Waals surface area contributed by atoms with Crippen molar-refractivity contribution in [1.29, 1.82) is 0 Å². The summed E-state index contributed by atoms with van der Waals surface area (Å²) in [6, 6.07) is 8.22. The van der Waals surface area contributed by atoms with E-state index >= 15 is 0 Å². The number of nitrogens with zero attached hydrogens (tertiary/aromatic N) is 2. The predicted molar refractivity (Wildman–Crippen MR) is 107 cm³/mol. The molecule has 0 radical (unpaired) electrons. The second-order valence-corrected chi connectivity index (χ2v) is 7.34. The van der Waals surface area contributed by atoms with Gasteiger partial charge >= 0.3 is 5.97 Å². The molecule has 1 aliphatic rings. The van der Waals surface area contributed by atoms with Gasteiger partial charge in [-0.2, -0.15) is 0 Å². The molecular weight excluding hydrogens is 340 g/mol. The number of carbonyl (C=O) groups is 2. The zero-order valence-electron chi connectivity index (χ0n) is 16.7. The fraction of sp³-hybridized carbons (Fsp3) is 0.545. The monoisotopic (exact) mass is 370 g/mol. The lowest BCUT2D eigenvalue weighted by atomic mass is 9.97. The van der Waals surface area contributed by atoms with Gasteiger partial charge < -0.3 is 14.2 Å². The van der Waals surface area contributed by atoms with Crippen molar-refractivity contribution in [3.63, 3.8) is 0 Å². The molecule has 1 aromatic heterocycles. The van der Waals surface area contributed by atoms with Gasteiger partial charge in [0.25, 0.3) is 5.91 Å². The van der Waals surface area contributed by atoms with Crippen molar-refractivity contribution < 1.29 is 14.3 Å². The van der Waals surface area contributed by atoms with Crippen LogP contribution in [0, 0.1) is 12.8 Å². The van der Waals surface area contributed by atoms with Gasteiger partial charge in [-0.1, -0.05) is 31.5 Å². The van der Waals surface area contributed by atoms with E-state index in [0.717, 1.165) is 54.4 Å². The van der Waals surface area contributed by atoms with Gasteiger partial charge in [0.05, 0.1) is 12.5 Å². The number of esters is 1. The van der Waals surface area contributed by atoms with E-state index in [1.54, 1.807) is 0 Å². The Hall–Kier alpha value is -2.30. The molecule has 27 heavy (non-hydrogen) atoms. The zero-order valence-corrected chi connectivity index (χ0v) is 16.7. The van der Waals surface area contributed by atoms with E-state index in [4.69, 9.17) is 4.74 Å². The summed E-state index contributed by atoms with van der Waals surface area (Å²) < 4.78 is 7.35. The van der Waals surface area contributed by atoms with Crippen LogP contribution >= 0.6 is 0 Å². The van der Waals surface area contributed by atoms with Crippen molar-refractivity contribution in [1.82, 2.24) is 9.47 Å². The highest BCUT2D eigenvalue weighted by molar-refractivity contribution is 6.01. The van der Waals surface area contributed by atoms with E-state index in [-0.39, 0.29) is 17.8 Å². The van der Waals surface area contributed by atoms with Crippen molar-refractivity contribution in [2.75, 3.05) is 19.7 Å². The number of ether oxygens (including phenoxy) is 1. The maximum atomic E-state index is 13.5. The summed E-state index contributed by atoms with van der Waals surface area (Å²) in [6.07, 6.45) is 3.74. The maximum absolute atomic E-state index is 13.5. The Balaban J connectivity index is 1.92. The highest BCUT2D eigenvalue weighted by Crippen LogP contribution is 2.29. The minimum absolute atomic E-state index is 0.0359. The van der Waals surface area contributed by atoms with E-state index in [2.05, 4.69) is 23.6 Å². The fourth-order valence-electron chi connectivity index (χ4n) is 4.06. The number of likely N-dealkylation sites (tertiary alicyclic amines) is 1. The average Bonchev–Trinajstić information content (AvgIpc) is 2.98. The van der Waals surface area contributed by atoms with Gasteiger partial charge in [-0.25, -0.2) is 0 Å². The van der Waals surface area contributed by atoms with Gasteiger partial charge in [0.15, 0.2) is 0 Å². The first-order valence-electron chi connectivity index (χ1n) is 10.1. The lowest BCUT2D eigenvalue weighted by Crippen LogP contribution is -2.43. The number of aromatic nitrogens is 1. The molecule has 1 aromatic carbocycles. The van der Waals surface area contributed by atoms with Gasteiger partial charge in [-0.05, 0) is 44.7 Å². The number of para-hydroxylation sites is 1. The Morgan fingerprint density at radius 2 is 2.00 bits per heavy atom. The molecule has 2 aromatic rings. The van der Waals surface area contributed by atoms with Crippen molar-refractivity contribution in [3.05, 3.63) is 35.5 Å². The summed E-state index contributed by atoms with van der Waals surface area (Å²) in [5.74, 6) is -0.358. The van der Waals surface area contributed by atoms with Gasteiger partial charge in [0.2, 0.25) is 0 Å². The number of benzene rings is 1. The Morgan fingerprint density at radius 1 is 1.22 bits per heavy atom. The molecule has 5 heteroatoms. The number of carbonyl (C=O) groups excluding carboxylic acids is 2. The summed E-state index contributed by atoms with van der Waals surface area (Å²) in [7, 11) is 0. The summed E-state index contributed by atoms with van der Waals surface area (Å²) in [4.78, 5) is 27.4. The Labute approximate surface area is 161 Å². The minimum Gasteiger partial charge on any atom is -0.466 e. The van der Waals surface area contributed by atoms with Crippen molar-refractivity contribution >= 4 is 22.8 Å². The van der Waals surface area contributed by atoms with Crippen molar-refractivity contribution in [2.45, 2.75) is 53.0 Å². The normalized spacial score (nSPS) is 17.3. The number of rotatable bonds is 6. The van der Waals surface area contributed by atoms with E-state index in [0.29, 0.717) is 19.7 Å². The number of amides is 1.